The van der Waals surface area contributed by atoms with Crippen LogP contribution in [0.5, 0.6) is 0 Å². The highest BCUT2D eigenvalue weighted by Gasteiger charge is 2.13. The maximum atomic E-state index is 12.0. The molecule has 3 aromatic rings. The van der Waals surface area contributed by atoms with E-state index in [4.69, 9.17) is 10.8 Å². The minimum Gasteiger partial charge on any atom is -0.478 e. The zero-order valence-corrected chi connectivity index (χ0v) is 12.4. The van der Waals surface area contributed by atoms with Crippen LogP contribution in [0.1, 0.15) is 10.4 Å². The van der Waals surface area contributed by atoms with Crippen molar-refractivity contribution in [3.63, 3.8) is 0 Å². The number of aromatic amines is 2. The summed E-state index contributed by atoms with van der Waals surface area (Å²) in [5.41, 5.74) is 7.10. The van der Waals surface area contributed by atoms with Gasteiger partial charge in [-0.2, -0.15) is 0 Å². The lowest BCUT2D eigenvalue weighted by atomic mass is 10.1. The molecule has 0 saturated heterocycles. The number of nitrogens with zero attached hydrogens (tertiary/aromatic N) is 2. The van der Waals surface area contributed by atoms with Crippen molar-refractivity contribution in [2.24, 2.45) is 10.2 Å². The number of carbonyl (C=O) groups is 1. The van der Waals surface area contributed by atoms with E-state index in [1.54, 1.807) is 36.4 Å². The van der Waals surface area contributed by atoms with Gasteiger partial charge < -0.3 is 10.8 Å². The highest BCUT2D eigenvalue weighted by molar-refractivity contribution is 5.93. The molecule has 0 bridgehead atoms. The van der Waals surface area contributed by atoms with Gasteiger partial charge in [0.05, 0.1) is 11.3 Å². The minimum absolute atomic E-state index is 0.00119. The predicted molar refractivity (Wildman–Crippen MR) is 88.8 cm³/mol. The maximum Gasteiger partial charge on any atom is 0.337 e. The number of hydrogen-bond donors (Lipinski definition) is 4. The maximum absolute atomic E-state index is 12.0. The quantitative estimate of drug-likeness (QED) is 0.433. The van der Waals surface area contributed by atoms with E-state index in [9.17, 15) is 9.59 Å². The van der Waals surface area contributed by atoms with E-state index >= 15 is 0 Å². The Labute approximate surface area is 135 Å². The van der Waals surface area contributed by atoms with E-state index < -0.39 is 11.5 Å². The highest BCUT2D eigenvalue weighted by Crippen LogP contribution is 2.28. The molecule has 24 heavy (non-hydrogen) atoms. The summed E-state index contributed by atoms with van der Waals surface area (Å²) >= 11 is 0. The summed E-state index contributed by atoms with van der Waals surface area (Å²) in [5.74, 6) is -1.12. The average molecular weight is 323 g/mol. The van der Waals surface area contributed by atoms with Crippen molar-refractivity contribution < 1.29 is 9.90 Å². The monoisotopic (exact) mass is 323 g/mol. The number of carboxylic acids is 1. The summed E-state index contributed by atoms with van der Waals surface area (Å²) in [7, 11) is 0. The Hall–Kier alpha value is -3.68. The van der Waals surface area contributed by atoms with Crippen molar-refractivity contribution in [2.75, 3.05) is 5.73 Å². The van der Waals surface area contributed by atoms with E-state index in [1.165, 1.54) is 12.1 Å². The summed E-state index contributed by atoms with van der Waals surface area (Å²) in [4.78, 5) is 23.1. The predicted octanol–water partition coefficient (Wildman–Crippen LogP) is 3.07. The molecule has 8 heteroatoms. The molecule has 1 heterocycles. The molecule has 0 saturated carbocycles. The second kappa shape index (κ2) is 6.21. The van der Waals surface area contributed by atoms with Crippen molar-refractivity contribution in [3.05, 3.63) is 64.4 Å². The van der Waals surface area contributed by atoms with Crippen LogP contribution in [0.15, 0.2) is 63.6 Å². The fourth-order valence-corrected chi connectivity index (χ4v) is 2.20. The van der Waals surface area contributed by atoms with Gasteiger partial charge in [-0.1, -0.05) is 24.3 Å². The first-order chi connectivity index (χ1) is 11.6. The van der Waals surface area contributed by atoms with Crippen LogP contribution in [0.4, 0.5) is 17.1 Å². The number of aromatic nitrogens is 2. The molecular formula is C16H13N5O3. The molecule has 0 aliphatic heterocycles. The lowest BCUT2D eigenvalue weighted by Gasteiger charge is -2.01. The number of nitrogens with two attached hydrogens (primary N) is 1. The standard InChI is InChI=1S/C16H13N5O3/c17-10-5-3-4-9(8-10)13-14(15(22)21-19-13)20-18-12-7-2-1-6-11(12)16(23)24/h1-8H,17H2,(H,23,24)(H2,19,21,22). The molecule has 0 aliphatic rings. The largest absolute Gasteiger partial charge is 0.478 e. The molecule has 0 atom stereocenters. The van der Waals surface area contributed by atoms with Crippen molar-refractivity contribution in [2.45, 2.75) is 0 Å². The fourth-order valence-electron chi connectivity index (χ4n) is 2.20. The van der Waals surface area contributed by atoms with Crippen molar-refractivity contribution in [1.82, 2.24) is 10.2 Å². The number of nitrogen functional groups attached to an aromatic ring is 1. The van der Waals surface area contributed by atoms with Gasteiger partial charge in [-0.15, -0.1) is 10.2 Å². The second-order valence-electron chi connectivity index (χ2n) is 4.95. The smallest absolute Gasteiger partial charge is 0.337 e. The van der Waals surface area contributed by atoms with Crippen LogP contribution in [0.25, 0.3) is 11.3 Å². The number of nitrogens with one attached hydrogen (secondary N) is 2. The molecular weight excluding hydrogens is 310 g/mol. The molecule has 8 nitrogen and oxygen atoms in total. The number of hydrogen-bond acceptors (Lipinski definition) is 5. The number of aromatic carboxylic acids is 1. The third-order valence-electron chi connectivity index (χ3n) is 3.32. The molecule has 0 fully saturated rings. The first-order valence-corrected chi connectivity index (χ1v) is 6.97. The molecule has 120 valence electrons. The number of anilines is 1. The van der Waals surface area contributed by atoms with Gasteiger partial charge >= 0.3 is 5.97 Å². The normalized spacial score (nSPS) is 11.0. The van der Waals surface area contributed by atoms with Gasteiger partial charge in [-0.25, -0.2) is 4.79 Å². The Morgan fingerprint density at radius 1 is 1.04 bits per heavy atom. The summed E-state index contributed by atoms with van der Waals surface area (Å²) in [6.45, 7) is 0. The van der Waals surface area contributed by atoms with E-state index in [2.05, 4.69) is 20.4 Å². The third-order valence-corrected chi connectivity index (χ3v) is 3.32. The molecule has 0 unspecified atom stereocenters. The molecule has 0 spiro atoms. The SMILES string of the molecule is Nc1cccc(-c2[nH][nH]c(=O)c2N=Nc2ccccc2C(=O)O)c1. The topological polar surface area (TPSA) is 137 Å². The first-order valence-electron chi connectivity index (χ1n) is 6.97. The van der Waals surface area contributed by atoms with E-state index in [-0.39, 0.29) is 16.9 Å². The van der Waals surface area contributed by atoms with Crippen molar-refractivity contribution in [1.29, 1.82) is 0 Å². The van der Waals surface area contributed by atoms with Gasteiger partial charge in [0.15, 0.2) is 5.69 Å². The molecule has 0 radical (unpaired) electrons. The molecule has 5 N–H and O–H groups in total. The van der Waals surface area contributed by atoms with Crippen molar-refractivity contribution in [3.8, 4) is 11.3 Å². The summed E-state index contributed by atoms with van der Waals surface area (Å²) < 4.78 is 0. The number of rotatable bonds is 4. The lowest BCUT2D eigenvalue weighted by molar-refractivity contribution is 0.0698. The van der Waals surface area contributed by atoms with Crippen LogP contribution in [0.3, 0.4) is 0 Å². The zero-order chi connectivity index (χ0) is 17.1. The molecule has 0 amide bonds. The van der Waals surface area contributed by atoms with Crippen LogP contribution in [-0.4, -0.2) is 21.3 Å². The van der Waals surface area contributed by atoms with Crippen LogP contribution in [0.2, 0.25) is 0 Å². The Balaban J connectivity index is 2.05. The third kappa shape index (κ3) is 2.93. The summed E-state index contributed by atoms with van der Waals surface area (Å²) in [5, 5.41) is 22.2. The van der Waals surface area contributed by atoms with Gasteiger partial charge in [0.1, 0.15) is 5.69 Å². The Morgan fingerprint density at radius 3 is 2.58 bits per heavy atom. The Kier molecular flexibility index (Phi) is 3.94. The summed E-state index contributed by atoms with van der Waals surface area (Å²) in [6.07, 6.45) is 0. The van der Waals surface area contributed by atoms with Gasteiger partial charge in [-0.05, 0) is 24.3 Å². The minimum atomic E-state index is -1.12. The fraction of sp³-hybridized carbons (Fsp3) is 0. The van der Waals surface area contributed by atoms with Gasteiger partial charge in [0.2, 0.25) is 0 Å². The lowest BCUT2D eigenvalue weighted by Crippen LogP contribution is -1.97. The molecule has 1 aromatic heterocycles. The van der Waals surface area contributed by atoms with E-state index in [0.717, 1.165) is 0 Å². The number of azo groups is 1. The van der Waals surface area contributed by atoms with Gasteiger partial charge in [0.25, 0.3) is 5.56 Å². The van der Waals surface area contributed by atoms with Crippen LogP contribution in [-0.2, 0) is 0 Å². The molecule has 2 aromatic carbocycles. The number of H-pyrrole nitrogens is 2. The van der Waals surface area contributed by atoms with Crippen LogP contribution in [0, 0.1) is 0 Å². The first kappa shape index (κ1) is 15.2. The number of carboxylic acid groups (broad SMARTS) is 1. The van der Waals surface area contributed by atoms with E-state index in [0.29, 0.717) is 16.9 Å². The van der Waals surface area contributed by atoms with Crippen molar-refractivity contribution >= 4 is 23.0 Å². The average Bonchev–Trinajstić information content (AvgIpc) is 2.94. The number of benzene rings is 2. The zero-order valence-electron chi connectivity index (χ0n) is 12.4. The van der Waals surface area contributed by atoms with Gasteiger partial charge in [0, 0.05) is 11.3 Å². The molecule has 3 rings (SSSR count). The van der Waals surface area contributed by atoms with Gasteiger partial charge in [-0.3, -0.25) is 15.0 Å². The second-order valence-corrected chi connectivity index (χ2v) is 4.95. The van der Waals surface area contributed by atoms with Crippen LogP contribution < -0.4 is 11.3 Å². The summed E-state index contributed by atoms with van der Waals surface area (Å²) in [6, 6.07) is 13.1. The van der Waals surface area contributed by atoms with Crippen LogP contribution >= 0.6 is 0 Å². The van der Waals surface area contributed by atoms with E-state index in [1.807, 2.05) is 0 Å². The Bertz CT molecular complexity index is 987. The Morgan fingerprint density at radius 2 is 1.83 bits per heavy atom. The highest BCUT2D eigenvalue weighted by atomic mass is 16.4. The molecule has 0 aliphatic carbocycles.